The minimum atomic E-state index is -4.80. The van der Waals surface area contributed by atoms with Crippen molar-refractivity contribution in [1.29, 1.82) is 0 Å². The number of hydrogen-bond acceptors (Lipinski definition) is 4. The third kappa shape index (κ3) is 4.22. The summed E-state index contributed by atoms with van der Waals surface area (Å²) in [6.07, 6.45) is -3.62. The minimum absolute atomic E-state index is 0.0346. The zero-order valence-electron chi connectivity index (χ0n) is 11.6. The fourth-order valence-corrected chi connectivity index (χ4v) is 1.81. The highest BCUT2D eigenvalue weighted by Gasteiger charge is 2.31. The Morgan fingerprint density at radius 2 is 1.91 bits per heavy atom. The second-order valence-corrected chi connectivity index (χ2v) is 4.48. The monoisotopic (exact) mass is 329 g/mol. The molecule has 1 aromatic carbocycles. The lowest BCUT2D eigenvalue weighted by molar-refractivity contribution is -0.384. The van der Waals surface area contributed by atoms with Crippen LogP contribution in [0.1, 0.15) is 10.5 Å². The number of amides is 1. The quantitative estimate of drug-likeness (QED) is 0.690. The van der Waals surface area contributed by atoms with Crippen LogP contribution in [-0.2, 0) is 7.05 Å². The van der Waals surface area contributed by atoms with Gasteiger partial charge in [0.1, 0.15) is 11.4 Å². The van der Waals surface area contributed by atoms with Crippen LogP contribution in [-0.4, -0.2) is 21.8 Å². The summed E-state index contributed by atoms with van der Waals surface area (Å²) >= 11 is 0. The molecule has 0 aliphatic carbocycles. The number of nitro groups is 1. The number of nitrogens with zero attached hydrogens (tertiary/aromatic N) is 2. The molecule has 0 aliphatic heterocycles. The summed E-state index contributed by atoms with van der Waals surface area (Å²) in [5.41, 5.74) is 0.00673. The van der Waals surface area contributed by atoms with E-state index in [-0.39, 0.29) is 17.1 Å². The summed E-state index contributed by atoms with van der Waals surface area (Å²) in [4.78, 5) is 22.0. The van der Waals surface area contributed by atoms with Crippen LogP contribution in [0.3, 0.4) is 0 Å². The SMILES string of the molecule is Cn1cc([N+](=O)[O-])cc1C(=O)Nc1ccc(OC(F)(F)F)cc1. The van der Waals surface area contributed by atoms with Gasteiger partial charge < -0.3 is 14.6 Å². The number of rotatable bonds is 4. The number of benzene rings is 1. The number of alkyl halides is 3. The van der Waals surface area contributed by atoms with Crippen molar-refractivity contribution in [2.45, 2.75) is 6.36 Å². The zero-order chi connectivity index (χ0) is 17.2. The summed E-state index contributed by atoms with van der Waals surface area (Å²) in [5.74, 6) is -1.06. The van der Waals surface area contributed by atoms with Gasteiger partial charge in [-0.3, -0.25) is 14.9 Å². The van der Waals surface area contributed by atoms with Gasteiger partial charge in [-0.1, -0.05) is 0 Å². The van der Waals surface area contributed by atoms with Crippen molar-refractivity contribution >= 4 is 17.3 Å². The van der Waals surface area contributed by atoms with Crippen molar-refractivity contribution in [1.82, 2.24) is 4.57 Å². The fraction of sp³-hybridized carbons (Fsp3) is 0.154. The predicted octanol–water partition coefficient (Wildman–Crippen LogP) is 3.08. The molecule has 1 aromatic heterocycles. The molecule has 1 heterocycles. The Hall–Kier alpha value is -3.04. The molecule has 0 fully saturated rings. The molecule has 0 saturated heterocycles. The Kier molecular flexibility index (Phi) is 4.25. The van der Waals surface area contributed by atoms with Crippen LogP contribution in [0.5, 0.6) is 5.75 Å². The van der Waals surface area contributed by atoms with Crippen molar-refractivity contribution in [3.63, 3.8) is 0 Å². The van der Waals surface area contributed by atoms with Gasteiger partial charge in [0, 0.05) is 18.8 Å². The molecule has 122 valence electrons. The number of halogens is 3. The molecular weight excluding hydrogens is 319 g/mol. The van der Waals surface area contributed by atoms with Crippen molar-refractivity contribution in [3.8, 4) is 5.75 Å². The molecule has 0 aliphatic rings. The van der Waals surface area contributed by atoms with E-state index in [0.717, 1.165) is 18.2 Å². The Morgan fingerprint density at radius 1 is 1.30 bits per heavy atom. The minimum Gasteiger partial charge on any atom is -0.406 e. The molecule has 0 radical (unpaired) electrons. The van der Waals surface area contributed by atoms with E-state index in [1.807, 2.05) is 0 Å². The van der Waals surface area contributed by atoms with Crippen LogP contribution >= 0.6 is 0 Å². The average Bonchev–Trinajstić information content (AvgIpc) is 2.82. The number of anilines is 1. The first kappa shape index (κ1) is 16.3. The molecule has 0 saturated carbocycles. The second kappa shape index (κ2) is 5.99. The second-order valence-electron chi connectivity index (χ2n) is 4.48. The molecule has 10 heteroatoms. The van der Waals surface area contributed by atoms with E-state index in [2.05, 4.69) is 10.1 Å². The van der Waals surface area contributed by atoms with Gasteiger partial charge in [0.05, 0.1) is 11.1 Å². The van der Waals surface area contributed by atoms with E-state index < -0.39 is 22.9 Å². The number of ether oxygens (including phenoxy) is 1. The summed E-state index contributed by atoms with van der Waals surface area (Å²) in [6.45, 7) is 0. The Morgan fingerprint density at radius 3 is 2.39 bits per heavy atom. The van der Waals surface area contributed by atoms with Crippen LogP contribution in [0.25, 0.3) is 0 Å². The van der Waals surface area contributed by atoms with E-state index in [1.54, 1.807) is 0 Å². The van der Waals surface area contributed by atoms with Crippen molar-refractivity contribution in [2.24, 2.45) is 7.05 Å². The van der Waals surface area contributed by atoms with Gasteiger partial charge in [-0.05, 0) is 24.3 Å². The van der Waals surface area contributed by atoms with Crippen LogP contribution in [0.15, 0.2) is 36.5 Å². The van der Waals surface area contributed by atoms with Crippen molar-refractivity contribution in [2.75, 3.05) is 5.32 Å². The van der Waals surface area contributed by atoms with Crippen LogP contribution < -0.4 is 10.1 Å². The first-order chi connectivity index (χ1) is 10.7. The number of hydrogen-bond donors (Lipinski definition) is 1. The highest BCUT2D eigenvalue weighted by molar-refractivity contribution is 6.03. The van der Waals surface area contributed by atoms with Gasteiger partial charge in [0.2, 0.25) is 0 Å². The lowest BCUT2D eigenvalue weighted by atomic mass is 10.3. The largest absolute Gasteiger partial charge is 0.573 e. The molecule has 0 atom stereocenters. The predicted molar refractivity (Wildman–Crippen MR) is 73.1 cm³/mol. The molecular formula is C13H10F3N3O4. The highest BCUT2D eigenvalue weighted by atomic mass is 19.4. The molecule has 1 N–H and O–H groups in total. The van der Waals surface area contributed by atoms with E-state index in [4.69, 9.17) is 0 Å². The number of aromatic nitrogens is 1. The number of aryl methyl sites for hydroxylation is 1. The molecule has 2 aromatic rings. The summed E-state index contributed by atoms with van der Waals surface area (Å²) in [5, 5.41) is 13.1. The lowest BCUT2D eigenvalue weighted by Gasteiger charge is -2.10. The molecule has 0 bridgehead atoms. The molecule has 2 rings (SSSR count). The van der Waals surface area contributed by atoms with E-state index >= 15 is 0 Å². The average molecular weight is 329 g/mol. The summed E-state index contributed by atoms with van der Waals surface area (Å²) in [6, 6.07) is 5.61. The number of carbonyl (C=O) groups excluding carboxylic acids is 1. The molecule has 0 spiro atoms. The van der Waals surface area contributed by atoms with Gasteiger partial charge >= 0.3 is 6.36 Å². The summed E-state index contributed by atoms with van der Waals surface area (Å²) < 4.78 is 41.1. The molecule has 23 heavy (non-hydrogen) atoms. The fourth-order valence-electron chi connectivity index (χ4n) is 1.81. The normalized spacial score (nSPS) is 11.1. The molecule has 0 unspecified atom stereocenters. The van der Waals surface area contributed by atoms with Gasteiger partial charge in [-0.15, -0.1) is 13.2 Å². The van der Waals surface area contributed by atoms with Gasteiger partial charge in [-0.2, -0.15) is 0 Å². The Balaban J connectivity index is 2.10. The van der Waals surface area contributed by atoms with E-state index in [9.17, 15) is 28.1 Å². The first-order valence-corrected chi connectivity index (χ1v) is 6.13. The van der Waals surface area contributed by atoms with Crippen LogP contribution in [0.4, 0.5) is 24.5 Å². The Labute approximate surface area is 127 Å². The third-order valence-electron chi connectivity index (χ3n) is 2.78. The summed E-state index contributed by atoms with van der Waals surface area (Å²) in [7, 11) is 1.46. The lowest BCUT2D eigenvalue weighted by Crippen LogP contribution is -2.17. The third-order valence-corrected chi connectivity index (χ3v) is 2.78. The van der Waals surface area contributed by atoms with E-state index in [1.165, 1.54) is 29.9 Å². The standard InChI is InChI=1S/C13H10F3N3O4/c1-18-7-9(19(21)22)6-11(18)12(20)17-8-2-4-10(5-3-8)23-13(14,15)16/h2-7H,1H3,(H,17,20). The zero-order valence-corrected chi connectivity index (χ0v) is 11.6. The van der Waals surface area contributed by atoms with Gasteiger partial charge in [-0.25, -0.2) is 0 Å². The van der Waals surface area contributed by atoms with E-state index in [0.29, 0.717) is 0 Å². The van der Waals surface area contributed by atoms with Crippen molar-refractivity contribution < 1.29 is 27.6 Å². The molecule has 1 amide bonds. The van der Waals surface area contributed by atoms with Crippen molar-refractivity contribution in [3.05, 3.63) is 52.3 Å². The maximum atomic E-state index is 12.0. The topological polar surface area (TPSA) is 86.4 Å². The first-order valence-electron chi connectivity index (χ1n) is 6.13. The van der Waals surface area contributed by atoms with Crippen LogP contribution in [0, 0.1) is 10.1 Å². The van der Waals surface area contributed by atoms with Gasteiger partial charge in [0.25, 0.3) is 11.6 Å². The Bertz CT molecular complexity index is 738. The maximum absolute atomic E-state index is 12.0. The smallest absolute Gasteiger partial charge is 0.406 e. The number of nitrogens with one attached hydrogen (secondary N) is 1. The number of carbonyl (C=O) groups is 1. The van der Waals surface area contributed by atoms with Gasteiger partial charge in [0.15, 0.2) is 0 Å². The highest BCUT2D eigenvalue weighted by Crippen LogP contribution is 2.24. The maximum Gasteiger partial charge on any atom is 0.573 e. The van der Waals surface area contributed by atoms with Crippen LogP contribution in [0.2, 0.25) is 0 Å². The molecule has 7 nitrogen and oxygen atoms in total.